The van der Waals surface area contributed by atoms with Crippen molar-refractivity contribution in [1.29, 1.82) is 0 Å². The second-order valence-electron chi connectivity index (χ2n) is 17.8. The fraction of sp³-hybridized carbons (Fsp3) is 0.444. The highest BCUT2D eigenvalue weighted by Gasteiger charge is 2.51. The highest BCUT2D eigenvalue weighted by molar-refractivity contribution is 6.33. The van der Waals surface area contributed by atoms with Gasteiger partial charge >= 0.3 is 5.92 Å². The Balaban J connectivity index is 0.807. The zero-order chi connectivity index (χ0) is 44.2. The second-order valence-corrected chi connectivity index (χ2v) is 18.2. The van der Waals surface area contributed by atoms with Gasteiger partial charge in [0.25, 0.3) is 5.56 Å². The third-order valence-corrected chi connectivity index (χ3v) is 14.1. The number of rotatable bonds is 7. The summed E-state index contributed by atoms with van der Waals surface area (Å²) >= 11 is 6.71. The third kappa shape index (κ3) is 6.87. The number of carbonyl (C=O) groups is 2. The summed E-state index contributed by atoms with van der Waals surface area (Å²) in [4.78, 5) is 57.0. The van der Waals surface area contributed by atoms with E-state index in [0.29, 0.717) is 77.8 Å². The smallest absolute Gasteiger partial charge is 0.301 e. The number of aromatic nitrogens is 7. The van der Waals surface area contributed by atoms with Crippen molar-refractivity contribution >= 4 is 74.0 Å². The fourth-order valence-electron chi connectivity index (χ4n) is 10.2. The molecule has 2 atom stereocenters. The minimum absolute atomic E-state index is 0.118. The van der Waals surface area contributed by atoms with Gasteiger partial charge in [0.1, 0.15) is 10.8 Å². The molecule has 6 aromatic rings. The van der Waals surface area contributed by atoms with Gasteiger partial charge in [-0.05, 0) is 81.3 Å². The number of hydrogen-bond donors (Lipinski definition) is 3. The molecule has 16 nitrogen and oxygen atoms in total. The zero-order valence-corrected chi connectivity index (χ0v) is 36.4. The van der Waals surface area contributed by atoms with Crippen molar-refractivity contribution in [2.24, 2.45) is 20.0 Å². The number of alkyl halides is 2. The number of anilines is 5. The molecule has 2 amide bonds. The molecule has 5 aliphatic rings. The summed E-state index contributed by atoms with van der Waals surface area (Å²) < 4.78 is 41.6. The number of amides is 2. The SMILES string of the molecule is Cc1nc(C2CCN(c3ccc4c(C5CCC(=O)NC5=O)nn(C)c4c3)CC2)c2n1CCN(c1ncc(Cl)c(Nc3ccc4c(c3)c3c(c(=O)n4C)OCC(F)(F)C(C4CC4)N3)n1)C2. The molecule has 19 heteroatoms. The van der Waals surface area contributed by atoms with E-state index in [1.54, 1.807) is 31.4 Å². The van der Waals surface area contributed by atoms with Crippen LogP contribution in [0.15, 0.2) is 47.4 Å². The number of fused-ring (bicyclic) bond motifs is 5. The highest BCUT2D eigenvalue weighted by atomic mass is 35.5. The zero-order valence-electron chi connectivity index (χ0n) is 35.6. The maximum absolute atomic E-state index is 15.2. The molecule has 2 saturated heterocycles. The van der Waals surface area contributed by atoms with Gasteiger partial charge in [-0.25, -0.2) is 18.7 Å². The van der Waals surface area contributed by atoms with Crippen LogP contribution in [-0.2, 0) is 36.8 Å². The largest absolute Gasteiger partial charge is 0.480 e. The van der Waals surface area contributed by atoms with Crippen molar-refractivity contribution in [3.05, 3.63) is 80.9 Å². The topological polar surface area (TPSA) is 169 Å². The molecule has 11 rings (SSSR count). The number of imidazole rings is 1. The molecule has 3 fully saturated rings. The summed E-state index contributed by atoms with van der Waals surface area (Å²) in [5.41, 5.74) is 5.95. The van der Waals surface area contributed by atoms with E-state index in [4.69, 9.17) is 31.4 Å². The number of pyridine rings is 1. The molecule has 2 unspecified atom stereocenters. The first-order valence-corrected chi connectivity index (χ1v) is 22.3. The molecule has 332 valence electrons. The van der Waals surface area contributed by atoms with Gasteiger partial charge in [-0.1, -0.05) is 11.6 Å². The van der Waals surface area contributed by atoms with Gasteiger partial charge in [0.15, 0.2) is 12.4 Å². The second kappa shape index (κ2) is 15.2. The summed E-state index contributed by atoms with van der Waals surface area (Å²) in [5, 5.41) is 15.4. The maximum atomic E-state index is 15.2. The quantitative estimate of drug-likeness (QED) is 0.154. The molecule has 1 saturated carbocycles. The molecule has 0 spiro atoms. The number of benzene rings is 2. The van der Waals surface area contributed by atoms with Crippen LogP contribution in [0.2, 0.25) is 5.02 Å². The van der Waals surface area contributed by atoms with Gasteiger partial charge < -0.3 is 34.3 Å². The standard InChI is InChI=1S/C45H47ClF2N12O4/c1-23-50-36(24-12-14-58(15-13-24)27-7-8-28-33(19-27)57(3)55-37(28)29-9-11-35(61)52-42(29)62)34-21-59(16-17-60(23)34)44-49-20-31(46)41(54-44)51-26-6-10-32-30(18-26)38-39(43(63)56(32)2)64-22-45(47,48)40(53-38)25-4-5-25/h6-8,10,18-20,24-25,29,40,53H,4-5,9,11-17,21-22H2,1-3H3,(H,49,51,54)(H,52,61,62). The number of aryl methyl sites for hydroxylation is 3. The van der Waals surface area contributed by atoms with Crippen molar-refractivity contribution in [3.8, 4) is 5.75 Å². The number of halogens is 3. The van der Waals surface area contributed by atoms with Crippen LogP contribution in [0.1, 0.15) is 73.3 Å². The van der Waals surface area contributed by atoms with Crippen LogP contribution in [0, 0.1) is 12.8 Å². The maximum Gasteiger partial charge on any atom is 0.301 e. The Morgan fingerprint density at radius 2 is 1.72 bits per heavy atom. The molecular weight excluding hydrogens is 846 g/mol. The number of imide groups is 1. The minimum atomic E-state index is -3.14. The predicted octanol–water partition coefficient (Wildman–Crippen LogP) is 6.26. The van der Waals surface area contributed by atoms with E-state index < -0.39 is 30.0 Å². The van der Waals surface area contributed by atoms with Crippen LogP contribution in [0.5, 0.6) is 5.75 Å². The summed E-state index contributed by atoms with van der Waals surface area (Å²) in [6, 6.07) is 10.5. The Kier molecular flexibility index (Phi) is 9.59. The number of ether oxygens (including phenoxy) is 1. The average Bonchev–Trinajstić information content (AvgIpc) is 4.03. The lowest BCUT2D eigenvalue weighted by Gasteiger charge is -2.35. The van der Waals surface area contributed by atoms with Crippen LogP contribution < -0.4 is 36.0 Å². The summed E-state index contributed by atoms with van der Waals surface area (Å²) in [5.74, 6) is -2.30. The van der Waals surface area contributed by atoms with E-state index in [-0.39, 0.29) is 35.1 Å². The fourth-order valence-corrected chi connectivity index (χ4v) is 10.3. The lowest BCUT2D eigenvalue weighted by molar-refractivity contribution is -0.134. The van der Waals surface area contributed by atoms with Crippen LogP contribution in [0.25, 0.3) is 21.8 Å². The molecule has 3 N–H and O–H groups in total. The molecule has 8 heterocycles. The van der Waals surface area contributed by atoms with E-state index in [1.807, 2.05) is 17.8 Å². The first-order chi connectivity index (χ1) is 30.8. The van der Waals surface area contributed by atoms with Gasteiger partial charge in [-0.2, -0.15) is 10.1 Å². The lowest BCUT2D eigenvalue weighted by Crippen LogP contribution is -2.44. The molecule has 4 aromatic heterocycles. The van der Waals surface area contributed by atoms with E-state index >= 15 is 8.78 Å². The van der Waals surface area contributed by atoms with Crippen LogP contribution in [-0.4, -0.2) is 83.9 Å². The van der Waals surface area contributed by atoms with Crippen molar-refractivity contribution in [1.82, 2.24) is 39.2 Å². The molecule has 0 bridgehead atoms. The summed E-state index contributed by atoms with van der Waals surface area (Å²) in [6.45, 7) is 4.85. The Morgan fingerprint density at radius 3 is 2.50 bits per heavy atom. The highest BCUT2D eigenvalue weighted by Crippen LogP contribution is 2.46. The average molecular weight is 893 g/mol. The number of nitrogens with zero attached hydrogens (tertiary/aromatic N) is 9. The molecule has 2 aromatic carbocycles. The monoisotopic (exact) mass is 892 g/mol. The Hall–Kier alpha value is -6.30. The summed E-state index contributed by atoms with van der Waals surface area (Å²) in [7, 11) is 3.49. The van der Waals surface area contributed by atoms with E-state index in [1.165, 1.54) is 4.57 Å². The number of hydrogen-bond acceptors (Lipinski definition) is 12. The van der Waals surface area contributed by atoms with Gasteiger partial charge in [0.2, 0.25) is 23.5 Å². The van der Waals surface area contributed by atoms with Gasteiger partial charge in [0, 0.05) is 74.8 Å². The van der Waals surface area contributed by atoms with Gasteiger partial charge in [0.05, 0.1) is 58.5 Å². The molecule has 1 aliphatic carbocycles. The van der Waals surface area contributed by atoms with Crippen molar-refractivity contribution in [2.45, 2.75) is 82.3 Å². The minimum Gasteiger partial charge on any atom is -0.480 e. The first-order valence-electron chi connectivity index (χ1n) is 21.9. The molecule has 4 aliphatic heterocycles. The van der Waals surface area contributed by atoms with Gasteiger partial charge in [-0.3, -0.25) is 24.4 Å². The van der Waals surface area contributed by atoms with E-state index in [9.17, 15) is 14.4 Å². The molecule has 64 heavy (non-hydrogen) atoms. The van der Waals surface area contributed by atoms with Gasteiger partial charge in [-0.15, -0.1) is 0 Å². The van der Waals surface area contributed by atoms with Crippen LogP contribution >= 0.6 is 11.6 Å². The first kappa shape index (κ1) is 40.5. The third-order valence-electron chi connectivity index (χ3n) is 13.8. The van der Waals surface area contributed by atoms with Crippen molar-refractivity contribution in [3.63, 3.8) is 0 Å². The van der Waals surface area contributed by atoms with E-state index in [0.717, 1.165) is 66.3 Å². The predicted molar refractivity (Wildman–Crippen MR) is 238 cm³/mol. The van der Waals surface area contributed by atoms with Crippen LogP contribution in [0.3, 0.4) is 0 Å². The van der Waals surface area contributed by atoms with Crippen LogP contribution in [0.4, 0.5) is 37.6 Å². The Bertz CT molecular complexity index is 2970. The Morgan fingerprint density at radius 1 is 0.906 bits per heavy atom. The number of piperidine rings is 2. The Labute approximate surface area is 370 Å². The van der Waals surface area contributed by atoms with E-state index in [2.05, 4.69) is 54.4 Å². The lowest BCUT2D eigenvalue weighted by atomic mass is 9.91. The number of carbonyl (C=O) groups excluding carboxylic acids is 2. The molecule has 0 radical (unpaired) electrons. The normalized spacial score (nSPS) is 21.3. The van der Waals surface area contributed by atoms with Crippen molar-refractivity contribution in [2.75, 3.05) is 46.7 Å². The molecular formula is C45H47ClF2N12O4. The summed E-state index contributed by atoms with van der Waals surface area (Å²) in [6.07, 6.45) is 5.57. The van der Waals surface area contributed by atoms with Crippen molar-refractivity contribution < 1.29 is 23.1 Å². The number of nitrogens with one attached hydrogen (secondary N) is 3.